The van der Waals surface area contributed by atoms with Gasteiger partial charge in [0.25, 0.3) is 0 Å². The second-order valence-electron chi connectivity index (χ2n) is 3.99. The molecular weight excluding hydrogens is 313 g/mol. The van der Waals surface area contributed by atoms with E-state index in [-0.39, 0.29) is 11.4 Å². The van der Waals surface area contributed by atoms with Crippen LogP contribution in [0.5, 0.6) is 0 Å². The summed E-state index contributed by atoms with van der Waals surface area (Å²) in [4.78, 5) is -0.288. The molecule has 0 bridgehead atoms. The molecule has 20 heavy (non-hydrogen) atoms. The number of halogens is 3. The van der Waals surface area contributed by atoms with Crippen LogP contribution in [0.15, 0.2) is 24.3 Å². The first-order valence-electron chi connectivity index (χ1n) is 5.56. The van der Waals surface area contributed by atoms with Crippen molar-refractivity contribution in [2.24, 2.45) is 5.73 Å². The summed E-state index contributed by atoms with van der Waals surface area (Å²) in [7, 11) is -4.12. The van der Waals surface area contributed by atoms with Gasteiger partial charge < -0.3 is 5.73 Å². The third kappa shape index (κ3) is 3.83. The SMILES string of the molecule is CCC(C(N)=S)S(=O)(=O)Nc1ccccc1C(F)(F)F. The Balaban J connectivity index is 3.20. The number of hydrogen-bond acceptors (Lipinski definition) is 3. The lowest BCUT2D eigenvalue weighted by molar-refractivity contribution is -0.136. The summed E-state index contributed by atoms with van der Waals surface area (Å²) in [5.74, 6) is 0. The average molecular weight is 326 g/mol. The van der Waals surface area contributed by atoms with E-state index in [1.165, 1.54) is 19.1 Å². The van der Waals surface area contributed by atoms with E-state index >= 15 is 0 Å². The first kappa shape index (κ1) is 16.7. The van der Waals surface area contributed by atoms with E-state index in [1.54, 1.807) is 0 Å². The third-order valence-electron chi connectivity index (χ3n) is 2.55. The number of nitrogens with one attached hydrogen (secondary N) is 1. The number of para-hydroxylation sites is 1. The molecule has 0 saturated carbocycles. The summed E-state index contributed by atoms with van der Waals surface area (Å²) in [6.45, 7) is 1.53. The predicted octanol–water partition coefficient (Wildman–Crippen LogP) is 2.51. The summed E-state index contributed by atoms with van der Waals surface area (Å²) in [6.07, 6.45) is -4.59. The molecule has 0 heterocycles. The average Bonchev–Trinajstić information content (AvgIpc) is 2.27. The topological polar surface area (TPSA) is 72.2 Å². The van der Waals surface area contributed by atoms with Gasteiger partial charge >= 0.3 is 6.18 Å². The minimum absolute atomic E-state index is 0.0683. The predicted molar refractivity (Wildman–Crippen MR) is 74.9 cm³/mol. The van der Waals surface area contributed by atoms with E-state index in [0.29, 0.717) is 0 Å². The Bertz CT molecular complexity index is 600. The number of thiocarbonyl (C=S) groups is 1. The van der Waals surface area contributed by atoms with E-state index in [0.717, 1.165) is 12.1 Å². The van der Waals surface area contributed by atoms with E-state index in [4.69, 9.17) is 5.73 Å². The van der Waals surface area contributed by atoms with Crippen molar-refractivity contribution in [3.8, 4) is 0 Å². The molecule has 0 saturated heterocycles. The standard InChI is InChI=1S/C11H13F3N2O2S2/c1-2-9(10(15)19)20(17,18)16-8-6-4-3-5-7(8)11(12,13)14/h3-6,9,16H,2H2,1H3,(H2,15,19). The van der Waals surface area contributed by atoms with Crippen LogP contribution in [0, 0.1) is 0 Å². The lowest BCUT2D eigenvalue weighted by atomic mass is 10.2. The summed E-state index contributed by atoms with van der Waals surface area (Å²) >= 11 is 4.62. The lowest BCUT2D eigenvalue weighted by Crippen LogP contribution is -2.38. The molecule has 0 aliphatic carbocycles. The van der Waals surface area contributed by atoms with Crippen molar-refractivity contribution in [3.63, 3.8) is 0 Å². The molecule has 0 spiro atoms. The minimum atomic E-state index is -4.66. The highest BCUT2D eigenvalue weighted by atomic mass is 32.2. The van der Waals surface area contributed by atoms with Gasteiger partial charge in [-0.2, -0.15) is 13.2 Å². The molecule has 4 nitrogen and oxygen atoms in total. The second kappa shape index (κ2) is 5.96. The van der Waals surface area contributed by atoms with Gasteiger partial charge in [0, 0.05) is 0 Å². The Hall–Kier alpha value is -1.35. The van der Waals surface area contributed by atoms with Crippen LogP contribution < -0.4 is 10.5 Å². The highest BCUT2D eigenvalue weighted by molar-refractivity contribution is 7.95. The molecular formula is C11H13F3N2O2S2. The van der Waals surface area contributed by atoms with Gasteiger partial charge in [0.1, 0.15) is 5.25 Å². The number of rotatable bonds is 5. The molecule has 112 valence electrons. The molecule has 1 rings (SSSR count). The quantitative estimate of drug-likeness (QED) is 0.816. The molecule has 9 heteroatoms. The fraction of sp³-hybridized carbons (Fsp3) is 0.364. The number of sulfonamides is 1. The molecule has 1 atom stereocenters. The van der Waals surface area contributed by atoms with Gasteiger partial charge in [-0.3, -0.25) is 4.72 Å². The number of anilines is 1. The molecule has 3 N–H and O–H groups in total. The van der Waals surface area contributed by atoms with Crippen LogP contribution in [0.2, 0.25) is 0 Å². The van der Waals surface area contributed by atoms with E-state index < -0.39 is 32.7 Å². The molecule has 0 radical (unpaired) electrons. The summed E-state index contributed by atoms with van der Waals surface area (Å²) in [6, 6.07) is 4.30. The van der Waals surface area contributed by atoms with E-state index in [1.807, 2.05) is 4.72 Å². The van der Waals surface area contributed by atoms with Crippen molar-refractivity contribution in [1.29, 1.82) is 0 Å². The van der Waals surface area contributed by atoms with Gasteiger partial charge in [0.2, 0.25) is 10.0 Å². The molecule has 1 aromatic carbocycles. The normalized spacial score (nSPS) is 13.8. The molecule has 0 aliphatic rings. The van der Waals surface area contributed by atoms with E-state index in [2.05, 4.69) is 12.2 Å². The zero-order valence-corrected chi connectivity index (χ0v) is 12.1. The summed E-state index contributed by atoms with van der Waals surface area (Å²) in [5.41, 5.74) is 3.69. The van der Waals surface area contributed by atoms with Gasteiger partial charge in [0.15, 0.2) is 0 Å². The Morgan fingerprint density at radius 2 is 1.95 bits per heavy atom. The minimum Gasteiger partial charge on any atom is -0.392 e. The lowest BCUT2D eigenvalue weighted by Gasteiger charge is -2.18. The fourth-order valence-electron chi connectivity index (χ4n) is 1.62. The summed E-state index contributed by atoms with van der Waals surface area (Å²) < 4.78 is 64.3. The molecule has 0 amide bonds. The monoisotopic (exact) mass is 326 g/mol. The highest BCUT2D eigenvalue weighted by Crippen LogP contribution is 2.35. The first-order chi connectivity index (χ1) is 9.09. The highest BCUT2D eigenvalue weighted by Gasteiger charge is 2.35. The van der Waals surface area contributed by atoms with Crippen LogP contribution >= 0.6 is 12.2 Å². The van der Waals surface area contributed by atoms with Crippen LogP contribution in [0.3, 0.4) is 0 Å². The van der Waals surface area contributed by atoms with Crippen LogP contribution in [0.4, 0.5) is 18.9 Å². The largest absolute Gasteiger partial charge is 0.418 e. The third-order valence-corrected chi connectivity index (χ3v) is 4.82. The Morgan fingerprint density at radius 3 is 2.40 bits per heavy atom. The Morgan fingerprint density at radius 1 is 1.40 bits per heavy atom. The van der Waals surface area contributed by atoms with Crippen molar-refractivity contribution in [3.05, 3.63) is 29.8 Å². The van der Waals surface area contributed by atoms with Crippen LogP contribution in [-0.2, 0) is 16.2 Å². The van der Waals surface area contributed by atoms with Gasteiger partial charge in [-0.1, -0.05) is 31.3 Å². The Labute approximate surface area is 120 Å². The smallest absolute Gasteiger partial charge is 0.392 e. The Kier molecular flexibility index (Phi) is 4.98. The maximum absolute atomic E-state index is 12.8. The number of nitrogens with two attached hydrogens (primary N) is 1. The summed E-state index contributed by atoms with van der Waals surface area (Å²) in [5, 5.41) is -1.22. The molecule has 1 aromatic rings. The van der Waals surface area contributed by atoms with Gasteiger partial charge in [-0.25, -0.2) is 8.42 Å². The van der Waals surface area contributed by atoms with Crippen LogP contribution in [0.1, 0.15) is 18.9 Å². The molecule has 0 aliphatic heterocycles. The zero-order chi connectivity index (χ0) is 15.6. The maximum Gasteiger partial charge on any atom is 0.418 e. The second-order valence-corrected chi connectivity index (χ2v) is 6.32. The van der Waals surface area contributed by atoms with Crippen molar-refractivity contribution in [1.82, 2.24) is 0 Å². The number of benzene rings is 1. The fourth-order valence-corrected chi connectivity index (χ4v) is 3.54. The molecule has 1 unspecified atom stereocenters. The van der Waals surface area contributed by atoms with Crippen molar-refractivity contribution < 1.29 is 21.6 Å². The van der Waals surface area contributed by atoms with Gasteiger partial charge in [-0.05, 0) is 18.6 Å². The molecule has 0 aromatic heterocycles. The van der Waals surface area contributed by atoms with Gasteiger partial charge in [-0.15, -0.1) is 0 Å². The number of alkyl halides is 3. The van der Waals surface area contributed by atoms with Crippen molar-refractivity contribution >= 4 is 32.9 Å². The van der Waals surface area contributed by atoms with Crippen molar-refractivity contribution in [2.75, 3.05) is 4.72 Å². The first-order valence-corrected chi connectivity index (χ1v) is 7.52. The van der Waals surface area contributed by atoms with Crippen LogP contribution in [0.25, 0.3) is 0 Å². The van der Waals surface area contributed by atoms with Gasteiger partial charge in [0.05, 0.1) is 16.2 Å². The van der Waals surface area contributed by atoms with E-state index in [9.17, 15) is 21.6 Å². The zero-order valence-electron chi connectivity index (χ0n) is 10.4. The van der Waals surface area contributed by atoms with Crippen LogP contribution in [-0.4, -0.2) is 18.7 Å². The van der Waals surface area contributed by atoms with Crippen molar-refractivity contribution in [2.45, 2.75) is 24.8 Å². The number of hydrogen-bond donors (Lipinski definition) is 2. The maximum atomic E-state index is 12.8. The molecule has 0 fully saturated rings.